The van der Waals surface area contributed by atoms with Crippen molar-refractivity contribution in [2.24, 2.45) is 0 Å². The van der Waals surface area contributed by atoms with Crippen molar-refractivity contribution in [3.8, 4) is 28.7 Å². The topological polar surface area (TPSA) is 79.2 Å². The third-order valence-corrected chi connectivity index (χ3v) is 3.27. The third kappa shape index (κ3) is 3.25. The molecule has 5 heteroatoms. The van der Waals surface area contributed by atoms with Crippen molar-refractivity contribution >= 4 is 6.08 Å². The molecule has 5 nitrogen and oxygen atoms in total. The molecule has 0 saturated carbocycles. The Kier molecular flexibility index (Phi) is 4.78. The molecule has 2 rings (SSSR count). The van der Waals surface area contributed by atoms with Crippen LogP contribution < -0.4 is 9.47 Å². The van der Waals surface area contributed by atoms with Crippen LogP contribution in [-0.2, 0) is 6.42 Å². The highest BCUT2D eigenvalue weighted by Gasteiger charge is 2.10. The van der Waals surface area contributed by atoms with Gasteiger partial charge < -0.3 is 24.8 Å². The second-order valence-corrected chi connectivity index (χ2v) is 4.66. The number of benzene rings is 2. The minimum absolute atomic E-state index is 0.0809. The largest absolute Gasteiger partial charge is 0.504 e. The number of hydrogen-bond acceptors (Lipinski definition) is 5. The van der Waals surface area contributed by atoms with Crippen LogP contribution in [0.4, 0.5) is 0 Å². The Balaban J connectivity index is 2.14. The van der Waals surface area contributed by atoms with Gasteiger partial charge in [-0.05, 0) is 30.2 Å². The number of rotatable bonds is 5. The molecule has 2 aromatic rings. The van der Waals surface area contributed by atoms with Crippen molar-refractivity contribution in [3.05, 3.63) is 47.5 Å². The van der Waals surface area contributed by atoms with Gasteiger partial charge in [-0.2, -0.15) is 0 Å². The predicted octanol–water partition coefficient (Wildman–Crippen LogP) is 3.08. The van der Waals surface area contributed by atoms with E-state index in [1.165, 1.54) is 14.2 Å². The van der Waals surface area contributed by atoms with Crippen molar-refractivity contribution in [1.29, 1.82) is 0 Å². The fourth-order valence-electron chi connectivity index (χ4n) is 2.05. The van der Waals surface area contributed by atoms with E-state index in [2.05, 4.69) is 0 Å². The van der Waals surface area contributed by atoms with E-state index in [1.807, 2.05) is 12.2 Å². The molecule has 0 aliphatic heterocycles. The fourth-order valence-corrected chi connectivity index (χ4v) is 2.05. The smallest absolute Gasteiger partial charge is 0.200 e. The van der Waals surface area contributed by atoms with Crippen LogP contribution in [0.2, 0.25) is 0 Å². The average Bonchev–Trinajstić information content (AvgIpc) is 2.53. The van der Waals surface area contributed by atoms with Gasteiger partial charge in [0.25, 0.3) is 0 Å². The molecule has 0 aliphatic rings. The maximum atomic E-state index is 9.91. The number of ether oxygens (including phenoxy) is 2. The number of phenolic OH excluding ortho intramolecular Hbond substituents is 3. The van der Waals surface area contributed by atoms with Crippen LogP contribution in [0.1, 0.15) is 11.1 Å². The van der Waals surface area contributed by atoms with E-state index in [4.69, 9.17) is 9.47 Å². The summed E-state index contributed by atoms with van der Waals surface area (Å²) in [6.45, 7) is 0. The summed E-state index contributed by atoms with van der Waals surface area (Å²) in [5.41, 5.74) is 1.44. The highest BCUT2D eigenvalue weighted by Crippen LogP contribution is 2.38. The molecule has 0 fully saturated rings. The van der Waals surface area contributed by atoms with E-state index < -0.39 is 0 Å². The predicted molar refractivity (Wildman–Crippen MR) is 83.7 cm³/mol. The van der Waals surface area contributed by atoms with Gasteiger partial charge >= 0.3 is 0 Å². The maximum absolute atomic E-state index is 9.91. The maximum Gasteiger partial charge on any atom is 0.200 e. The summed E-state index contributed by atoms with van der Waals surface area (Å²) >= 11 is 0. The first-order valence-electron chi connectivity index (χ1n) is 6.68. The van der Waals surface area contributed by atoms with Crippen LogP contribution >= 0.6 is 0 Å². The molecule has 0 spiro atoms. The van der Waals surface area contributed by atoms with E-state index in [9.17, 15) is 15.3 Å². The summed E-state index contributed by atoms with van der Waals surface area (Å²) < 4.78 is 9.97. The quantitative estimate of drug-likeness (QED) is 0.740. The molecule has 116 valence electrons. The Morgan fingerprint density at radius 1 is 0.909 bits per heavy atom. The molecular formula is C17H18O5. The van der Waals surface area contributed by atoms with Gasteiger partial charge in [-0.3, -0.25) is 0 Å². The Morgan fingerprint density at radius 3 is 2.32 bits per heavy atom. The van der Waals surface area contributed by atoms with E-state index in [0.29, 0.717) is 17.7 Å². The summed E-state index contributed by atoms with van der Waals surface area (Å²) in [6.07, 6.45) is 4.11. The van der Waals surface area contributed by atoms with Crippen molar-refractivity contribution in [1.82, 2.24) is 0 Å². The van der Waals surface area contributed by atoms with Crippen molar-refractivity contribution in [3.63, 3.8) is 0 Å². The molecule has 0 heterocycles. The summed E-state index contributed by atoms with van der Waals surface area (Å²) in [5, 5.41) is 29.2. The average molecular weight is 302 g/mol. The lowest BCUT2D eigenvalue weighted by atomic mass is 10.1. The van der Waals surface area contributed by atoms with Gasteiger partial charge in [-0.1, -0.05) is 24.3 Å². The Morgan fingerprint density at radius 2 is 1.64 bits per heavy atom. The Labute approximate surface area is 128 Å². The fraction of sp³-hybridized carbons (Fsp3) is 0.176. The van der Waals surface area contributed by atoms with Crippen LogP contribution in [-0.4, -0.2) is 29.5 Å². The summed E-state index contributed by atoms with van der Waals surface area (Å²) in [4.78, 5) is 0. The van der Waals surface area contributed by atoms with E-state index in [1.54, 1.807) is 30.3 Å². The van der Waals surface area contributed by atoms with Gasteiger partial charge in [-0.15, -0.1) is 0 Å². The van der Waals surface area contributed by atoms with Gasteiger partial charge in [0.15, 0.2) is 23.0 Å². The first-order chi connectivity index (χ1) is 10.6. The van der Waals surface area contributed by atoms with Crippen molar-refractivity contribution in [2.45, 2.75) is 6.42 Å². The number of allylic oxidation sites excluding steroid dienone is 1. The lowest BCUT2D eigenvalue weighted by Crippen LogP contribution is -1.88. The van der Waals surface area contributed by atoms with E-state index in [-0.39, 0.29) is 23.0 Å². The van der Waals surface area contributed by atoms with Gasteiger partial charge in [0, 0.05) is 5.56 Å². The lowest BCUT2D eigenvalue weighted by Gasteiger charge is -2.08. The minimum atomic E-state index is -0.264. The number of aromatic hydroxyl groups is 3. The SMILES string of the molecule is COc1cc(/C=C/Cc2ccc(OC)c(O)c2O)ccc1O. The summed E-state index contributed by atoms with van der Waals surface area (Å²) in [6, 6.07) is 8.30. The number of methoxy groups -OCH3 is 2. The molecule has 0 unspecified atom stereocenters. The van der Waals surface area contributed by atoms with Gasteiger partial charge in [0.2, 0.25) is 5.75 Å². The third-order valence-electron chi connectivity index (χ3n) is 3.27. The molecule has 0 saturated heterocycles. The van der Waals surface area contributed by atoms with Crippen molar-refractivity contribution in [2.75, 3.05) is 14.2 Å². The molecular weight excluding hydrogens is 284 g/mol. The zero-order valence-corrected chi connectivity index (χ0v) is 12.4. The molecule has 2 aromatic carbocycles. The number of phenols is 3. The molecule has 0 aromatic heterocycles. The molecule has 0 aliphatic carbocycles. The van der Waals surface area contributed by atoms with Gasteiger partial charge in [0.1, 0.15) is 0 Å². The van der Waals surface area contributed by atoms with E-state index in [0.717, 1.165) is 5.56 Å². The Bertz CT molecular complexity index is 692. The second-order valence-electron chi connectivity index (χ2n) is 4.66. The molecule has 22 heavy (non-hydrogen) atoms. The Hall–Kier alpha value is -2.82. The molecule has 3 N–H and O–H groups in total. The van der Waals surface area contributed by atoms with Gasteiger partial charge in [-0.25, -0.2) is 0 Å². The lowest BCUT2D eigenvalue weighted by molar-refractivity contribution is 0.349. The van der Waals surface area contributed by atoms with Crippen LogP contribution in [0.15, 0.2) is 36.4 Å². The van der Waals surface area contributed by atoms with Crippen molar-refractivity contribution < 1.29 is 24.8 Å². The zero-order valence-electron chi connectivity index (χ0n) is 12.4. The van der Waals surface area contributed by atoms with Crippen LogP contribution in [0, 0.1) is 0 Å². The first-order valence-corrected chi connectivity index (χ1v) is 6.68. The zero-order chi connectivity index (χ0) is 16.1. The molecule has 0 amide bonds. The monoisotopic (exact) mass is 302 g/mol. The van der Waals surface area contributed by atoms with Crippen LogP contribution in [0.3, 0.4) is 0 Å². The normalized spacial score (nSPS) is 10.8. The van der Waals surface area contributed by atoms with E-state index >= 15 is 0 Å². The standard InChI is InChI=1S/C17H18O5/c1-21-14-9-7-12(16(19)17(14)20)5-3-4-11-6-8-13(18)15(10-11)22-2/h3-4,6-10,18-20H,5H2,1-2H3/b4-3+. The van der Waals surface area contributed by atoms with Crippen LogP contribution in [0.25, 0.3) is 6.08 Å². The van der Waals surface area contributed by atoms with Crippen LogP contribution in [0.5, 0.6) is 28.7 Å². The highest BCUT2D eigenvalue weighted by molar-refractivity contribution is 5.58. The molecule has 0 radical (unpaired) electrons. The molecule has 0 atom stereocenters. The first kappa shape index (κ1) is 15.6. The summed E-state index contributed by atoms with van der Waals surface area (Å²) in [7, 11) is 2.91. The highest BCUT2D eigenvalue weighted by atomic mass is 16.5. The molecule has 0 bridgehead atoms. The number of hydrogen-bond donors (Lipinski definition) is 3. The minimum Gasteiger partial charge on any atom is -0.504 e. The van der Waals surface area contributed by atoms with Gasteiger partial charge in [0.05, 0.1) is 14.2 Å². The second kappa shape index (κ2) is 6.76. The summed E-state index contributed by atoms with van der Waals surface area (Å²) in [5.74, 6) is 0.255.